The van der Waals surface area contributed by atoms with Crippen LogP contribution in [-0.4, -0.2) is 26.6 Å². The average Bonchev–Trinajstić information content (AvgIpc) is 1.98. The van der Waals surface area contributed by atoms with Crippen LogP contribution < -0.4 is 4.72 Å². The summed E-state index contributed by atoms with van der Waals surface area (Å²) in [6.45, 7) is 3.73. The third-order valence-corrected chi connectivity index (χ3v) is 2.99. The zero-order valence-electron chi connectivity index (χ0n) is 6.52. The van der Waals surface area contributed by atoms with E-state index in [1.165, 1.54) is 0 Å². The van der Waals surface area contributed by atoms with E-state index in [1.54, 1.807) is 0 Å². The summed E-state index contributed by atoms with van der Waals surface area (Å²) >= 11 is 8.40. The zero-order valence-corrected chi connectivity index (χ0v) is 9.67. The molecule has 0 fully saturated rings. The molecule has 0 aliphatic heterocycles. The van der Waals surface area contributed by atoms with Crippen LogP contribution in [0.25, 0.3) is 0 Å². The molecule has 0 rings (SSSR count). The first-order valence-electron chi connectivity index (χ1n) is 3.34. The number of hydrogen-bond donors (Lipinski definition) is 1. The molecule has 0 saturated heterocycles. The van der Waals surface area contributed by atoms with Crippen molar-refractivity contribution >= 4 is 37.6 Å². The van der Waals surface area contributed by atoms with E-state index in [0.29, 0.717) is 16.8 Å². The highest BCUT2D eigenvalue weighted by molar-refractivity contribution is 9.11. The van der Waals surface area contributed by atoms with Crippen molar-refractivity contribution in [2.75, 3.05) is 18.2 Å². The van der Waals surface area contributed by atoms with Crippen molar-refractivity contribution in [1.82, 2.24) is 4.72 Å². The van der Waals surface area contributed by atoms with Crippen molar-refractivity contribution in [1.29, 1.82) is 0 Å². The van der Waals surface area contributed by atoms with Gasteiger partial charge in [-0.25, -0.2) is 13.1 Å². The van der Waals surface area contributed by atoms with E-state index >= 15 is 0 Å². The Hall–Kier alpha value is 0.420. The lowest BCUT2D eigenvalue weighted by molar-refractivity contribution is 0.584. The summed E-state index contributed by atoms with van der Waals surface area (Å²) in [4.78, 5) is 0. The average molecular weight is 277 g/mol. The van der Waals surface area contributed by atoms with Crippen LogP contribution >= 0.6 is 27.5 Å². The van der Waals surface area contributed by atoms with Crippen LogP contribution in [0, 0.1) is 0 Å². The van der Waals surface area contributed by atoms with E-state index in [0.717, 1.165) is 0 Å². The maximum Gasteiger partial charge on any atom is 0.211 e. The minimum Gasteiger partial charge on any atom is -0.212 e. The molecule has 0 atom stereocenters. The summed E-state index contributed by atoms with van der Waals surface area (Å²) in [5.74, 6) is 0.424. The lowest BCUT2D eigenvalue weighted by Gasteiger charge is -2.03. The fourth-order valence-corrected chi connectivity index (χ4v) is 2.19. The molecule has 0 aromatic heterocycles. The fraction of sp³-hybridized carbons (Fsp3) is 0.667. The SMILES string of the molecule is C=C(Br)CNS(=O)(=O)CCCCl. The van der Waals surface area contributed by atoms with E-state index in [9.17, 15) is 8.42 Å². The van der Waals surface area contributed by atoms with E-state index in [4.69, 9.17) is 11.6 Å². The standard InChI is InChI=1S/C6H11BrClNO2S/c1-6(7)5-9-12(10,11)4-2-3-8/h9H,1-5H2. The van der Waals surface area contributed by atoms with E-state index in [-0.39, 0.29) is 12.3 Å². The molecule has 3 nitrogen and oxygen atoms in total. The molecule has 72 valence electrons. The Balaban J connectivity index is 3.80. The van der Waals surface area contributed by atoms with Gasteiger partial charge in [0.05, 0.1) is 5.75 Å². The molecule has 0 heterocycles. The van der Waals surface area contributed by atoms with Gasteiger partial charge >= 0.3 is 0 Å². The summed E-state index contributed by atoms with van der Waals surface area (Å²) in [5.41, 5.74) is 0. The second-order valence-electron chi connectivity index (χ2n) is 2.20. The van der Waals surface area contributed by atoms with Crippen LogP contribution in [0.4, 0.5) is 0 Å². The number of rotatable bonds is 6. The normalized spacial score (nSPS) is 11.5. The molecule has 1 N–H and O–H groups in total. The van der Waals surface area contributed by atoms with E-state index in [1.807, 2.05) is 0 Å². The van der Waals surface area contributed by atoms with Crippen molar-refractivity contribution < 1.29 is 8.42 Å². The minimum absolute atomic E-state index is 0.0662. The predicted molar refractivity (Wildman–Crippen MR) is 55.2 cm³/mol. The van der Waals surface area contributed by atoms with Gasteiger partial charge in [-0.05, 0) is 6.42 Å². The summed E-state index contributed by atoms with van der Waals surface area (Å²) in [5, 5.41) is 0. The highest BCUT2D eigenvalue weighted by atomic mass is 79.9. The molecule has 0 radical (unpaired) electrons. The summed E-state index contributed by atoms with van der Waals surface area (Å²) in [6.07, 6.45) is 0.464. The lowest BCUT2D eigenvalue weighted by atomic mass is 10.6. The van der Waals surface area contributed by atoms with Gasteiger partial charge in [0.25, 0.3) is 0 Å². The monoisotopic (exact) mass is 275 g/mol. The quantitative estimate of drug-likeness (QED) is 0.746. The first kappa shape index (κ1) is 12.4. The molecular formula is C6H11BrClNO2S. The van der Waals surface area contributed by atoms with Gasteiger partial charge in [0.2, 0.25) is 10.0 Å². The second kappa shape index (κ2) is 5.96. The topological polar surface area (TPSA) is 46.2 Å². The van der Waals surface area contributed by atoms with Gasteiger partial charge in [-0.15, -0.1) is 11.6 Å². The lowest BCUT2D eigenvalue weighted by Crippen LogP contribution is -2.27. The van der Waals surface area contributed by atoms with Crippen molar-refractivity contribution in [2.24, 2.45) is 0 Å². The summed E-state index contributed by atoms with van der Waals surface area (Å²) < 4.78 is 25.1. The van der Waals surface area contributed by atoms with Crippen molar-refractivity contribution in [3.63, 3.8) is 0 Å². The number of halogens is 2. The van der Waals surface area contributed by atoms with Gasteiger partial charge in [0, 0.05) is 16.9 Å². The minimum atomic E-state index is -3.16. The van der Waals surface area contributed by atoms with Crippen LogP contribution in [0.1, 0.15) is 6.42 Å². The van der Waals surface area contributed by atoms with Gasteiger partial charge in [-0.2, -0.15) is 0 Å². The first-order chi connectivity index (χ1) is 5.48. The Morgan fingerprint density at radius 1 is 1.58 bits per heavy atom. The van der Waals surface area contributed by atoms with Gasteiger partial charge in [0.1, 0.15) is 0 Å². The third-order valence-electron chi connectivity index (χ3n) is 1.03. The Morgan fingerprint density at radius 3 is 2.58 bits per heavy atom. The molecule has 0 aromatic rings. The molecular weight excluding hydrogens is 265 g/mol. The van der Waals surface area contributed by atoms with Crippen molar-refractivity contribution in [2.45, 2.75) is 6.42 Å². The number of hydrogen-bond acceptors (Lipinski definition) is 2. The van der Waals surface area contributed by atoms with Crippen LogP contribution in [0.3, 0.4) is 0 Å². The maximum absolute atomic E-state index is 11.1. The van der Waals surface area contributed by atoms with Crippen molar-refractivity contribution in [3.8, 4) is 0 Å². The number of nitrogens with one attached hydrogen (secondary N) is 1. The van der Waals surface area contributed by atoms with Gasteiger partial charge in [-0.3, -0.25) is 0 Å². The maximum atomic E-state index is 11.1. The summed E-state index contributed by atoms with van der Waals surface area (Å²) in [6, 6.07) is 0. The number of sulfonamides is 1. The molecule has 0 aliphatic carbocycles. The van der Waals surface area contributed by atoms with E-state index in [2.05, 4.69) is 27.2 Å². The van der Waals surface area contributed by atoms with Crippen LogP contribution in [0.5, 0.6) is 0 Å². The zero-order chi connectivity index (χ0) is 9.61. The largest absolute Gasteiger partial charge is 0.212 e. The molecule has 0 aromatic carbocycles. The molecule has 12 heavy (non-hydrogen) atoms. The van der Waals surface area contributed by atoms with Gasteiger partial charge in [0.15, 0.2) is 0 Å². The second-order valence-corrected chi connectivity index (χ2v) is 5.63. The molecule has 0 spiro atoms. The highest BCUT2D eigenvalue weighted by Gasteiger charge is 2.08. The smallest absolute Gasteiger partial charge is 0.211 e. The van der Waals surface area contributed by atoms with Gasteiger partial charge in [-0.1, -0.05) is 22.5 Å². The van der Waals surface area contributed by atoms with Crippen LogP contribution in [0.15, 0.2) is 11.1 Å². The Bertz CT molecular complexity index is 240. The molecule has 6 heteroatoms. The molecule has 0 bridgehead atoms. The molecule has 0 saturated carbocycles. The molecule has 0 aliphatic rings. The summed E-state index contributed by atoms with van der Waals surface area (Å²) in [7, 11) is -3.16. The fourth-order valence-electron chi connectivity index (χ4n) is 0.505. The molecule has 0 amide bonds. The Morgan fingerprint density at radius 2 is 2.17 bits per heavy atom. The van der Waals surface area contributed by atoms with Gasteiger partial charge < -0.3 is 0 Å². The van der Waals surface area contributed by atoms with Crippen LogP contribution in [-0.2, 0) is 10.0 Å². The first-order valence-corrected chi connectivity index (χ1v) is 6.32. The highest BCUT2D eigenvalue weighted by Crippen LogP contribution is 1.99. The van der Waals surface area contributed by atoms with E-state index < -0.39 is 10.0 Å². The third kappa shape index (κ3) is 7.09. The Labute approximate surface area is 86.4 Å². The van der Waals surface area contributed by atoms with Crippen molar-refractivity contribution in [3.05, 3.63) is 11.1 Å². The Kier molecular flexibility index (Phi) is 6.17. The molecule has 0 unspecified atom stereocenters. The van der Waals surface area contributed by atoms with Crippen LogP contribution in [0.2, 0.25) is 0 Å². The number of alkyl halides is 1. The predicted octanol–water partition coefficient (Wildman–Crippen LogP) is 1.44.